The van der Waals surface area contributed by atoms with Crippen LogP contribution in [0.4, 0.5) is 0 Å². The summed E-state index contributed by atoms with van der Waals surface area (Å²) >= 11 is 2.31. The Kier molecular flexibility index (Phi) is 5.66. The highest BCUT2D eigenvalue weighted by Crippen LogP contribution is 2.31. The Morgan fingerprint density at radius 2 is 2.24 bits per heavy atom. The molecule has 100 valence electrons. The molecular weight excluding hydrogens is 335 g/mol. The van der Waals surface area contributed by atoms with Crippen LogP contribution in [-0.4, -0.2) is 35.5 Å². The number of rotatable bonds is 4. The van der Waals surface area contributed by atoms with Crippen LogP contribution in [0.5, 0.6) is 0 Å². The lowest BCUT2D eigenvalue weighted by Gasteiger charge is -2.42. The van der Waals surface area contributed by atoms with Crippen LogP contribution in [0.25, 0.3) is 0 Å². The fourth-order valence-electron chi connectivity index (χ4n) is 1.88. The van der Waals surface area contributed by atoms with E-state index in [2.05, 4.69) is 29.5 Å². The highest BCUT2D eigenvalue weighted by Gasteiger charge is 2.43. The molecule has 0 saturated carbocycles. The van der Waals surface area contributed by atoms with Crippen molar-refractivity contribution in [2.24, 2.45) is 11.8 Å². The average molecular weight is 356 g/mol. The van der Waals surface area contributed by atoms with Crippen molar-refractivity contribution in [3.05, 3.63) is 0 Å². The Balaban J connectivity index is 2.77. The van der Waals surface area contributed by atoms with Gasteiger partial charge in [-0.3, -0.25) is 4.79 Å². The summed E-state index contributed by atoms with van der Waals surface area (Å²) in [6.07, 6.45) is -0.130. The number of carbonyl (C=O) groups is 1. The normalized spacial score (nSPS) is 29.7. The molecule has 5 heteroatoms. The zero-order valence-electron chi connectivity index (χ0n) is 10.9. The Morgan fingerprint density at radius 1 is 1.59 bits per heavy atom. The first-order chi connectivity index (χ1) is 7.91. The minimum Gasteiger partial charge on any atom is -0.466 e. The number of carbonyl (C=O) groups excluding carboxylic acids is 1. The quantitative estimate of drug-likeness (QED) is 0.441. The van der Waals surface area contributed by atoms with Gasteiger partial charge in [0.05, 0.1) is 19.3 Å². The molecule has 0 bridgehead atoms. The van der Waals surface area contributed by atoms with Crippen molar-refractivity contribution in [1.29, 1.82) is 0 Å². The van der Waals surface area contributed by atoms with Crippen LogP contribution in [0.2, 0.25) is 0 Å². The van der Waals surface area contributed by atoms with E-state index in [1.165, 1.54) is 0 Å². The molecule has 0 amide bonds. The molecule has 4 nitrogen and oxygen atoms in total. The molecule has 1 aliphatic rings. The molecule has 1 heterocycles. The van der Waals surface area contributed by atoms with E-state index < -0.39 is 5.79 Å². The van der Waals surface area contributed by atoms with Gasteiger partial charge in [-0.2, -0.15) is 0 Å². The summed E-state index contributed by atoms with van der Waals surface area (Å²) in [5.74, 6) is -0.848. The fraction of sp³-hybridized carbons (Fsp3) is 0.917. The van der Waals surface area contributed by atoms with Gasteiger partial charge in [0, 0.05) is 4.43 Å². The van der Waals surface area contributed by atoms with Gasteiger partial charge in [0.15, 0.2) is 5.79 Å². The standard InChI is InChI=1S/C12H21IO4/c1-5-15-11(14)9-7-16-12(3,4)17-10(9)8(2)6-13/h8-10H,5-7H2,1-4H3/t8-,9-,10-/m0/s1. The summed E-state index contributed by atoms with van der Waals surface area (Å²) in [6.45, 7) is 8.41. The van der Waals surface area contributed by atoms with Crippen molar-refractivity contribution in [3.63, 3.8) is 0 Å². The van der Waals surface area contributed by atoms with Crippen molar-refractivity contribution in [3.8, 4) is 0 Å². The molecule has 0 spiro atoms. The van der Waals surface area contributed by atoms with E-state index >= 15 is 0 Å². The topological polar surface area (TPSA) is 44.8 Å². The third-order valence-electron chi connectivity index (χ3n) is 2.82. The van der Waals surface area contributed by atoms with Gasteiger partial charge >= 0.3 is 5.97 Å². The molecule has 1 saturated heterocycles. The van der Waals surface area contributed by atoms with E-state index in [1.54, 1.807) is 0 Å². The predicted octanol–water partition coefficient (Wildman–Crippen LogP) is 2.39. The third kappa shape index (κ3) is 4.06. The lowest BCUT2D eigenvalue weighted by molar-refractivity contribution is -0.298. The lowest BCUT2D eigenvalue weighted by Crippen LogP contribution is -2.51. The first kappa shape index (κ1) is 15.2. The highest BCUT2D eigenvalue weighted by molar-refractivity contribution is 14.1. The van der Waals surface area contributed by atoms with Crippen molar-refractivity contribution in [2.45, 2.75) is 39.6 Å². The summed E-state index contributed by atoms with van der Waals surface area (Å²) in [5.41, 5.74) is 0. The molecule has 0 radical (unpaired) electrons. The van der Waals surface area contributed by atoms with Gasteiger partial charge in [0.2, 0.25) is 0 Å². The second-order valence-corrected chi connectivity index (χ2v) is 5.66. The Labute approximate surface area is 117 Å². The van der Waals surface area contributed by atoms with Gasteiger partial charge in [-0.05, 0) is 26.7 Å². The number of esters is 1. The Morgan fingerprint density at radius 3 is 2.76 bits per heavy atom. The zero-order chi connectivity index (χ0) is 13.1. The lowest BCUT2D eigenvalue weighted by atomic mass is 9.92. The summed E-state index contributed by atoms with van der Waals surface area (Å²) in [5, 5.41) is 0. The van der Waals surface area contributed by atoms with Gasteiger partial charge < -0.3 is 14.2 Å². The second-order valence-electron chi connectivity index (χ2n) is 4.78. The molecule has 0 aromatic carbocycles. The second kappa shape index (κ2) is 6.33. The number of hydrogen-bond donors (Lipinski definition) is 0. The fourth-order valence-corrected chi connectivity index (χ4v) is 2.38. The number of halogens is 1. The summed E-state index contributed by atoms with van der Waals surface area (Å²) in [7, 11) is 0. The van der Waals surface area contributed by atoms with Gasteiger partial charge in [0.25, 0.3) is 0 Å². The number of alkyl halides is 1. The van der Waals surface area contributed by atoms with E-state index in [9.17, 15) is 4.79 Å². The Hall–Kier alpha value is 0.120. The Bertz CT molecular complexity index is 267. The molecule has 0 aromatic heterocycles. The summed E-state index contributed by atoms with van der Waals surface area (Å²) < 4.78 is 17.4. The molecule has 3 atom stereocenters. The average Bonchev–Trinajstić information content (AvgIpc) is 2.27. The largest absolute Gasteiger partial charge is 0.466 e. The van der Waals surface area contributed by atoms with Crippen molar-refractivity contribution in [1.82, 2.24) is 0 Å². The molecular formula is C12H21IO4. The SMILES string of the molecule is CCOC(=O)[C@H]1COC(C)(C)O[C@H]1[C@@H](C)CI. The zero-order valence-corrected chi connectivity index (χ0v) is 13.0. The van der Waals surface area contributed by atoms with Crippen LogP contribution in [0.15, 0.2) is 0 Å². The van der Waals surface area contributed by atoms with E-state index in [0.717, 1.165) is 4.43 Å². The van der Waals surface area contributed by atoms with Gasteiger partial charge in [-0.25, -0.2) is 0 Å². The molecule has 0 aliphatic carbocycles. The van der Waals surface area contributed by atoms with Crippen molar-refractivity contribution in [2.75, 3.05) is 17.6 Å². The van der Waals surface area contributed by atoms with Gasteiger partial charge in [-0.15, -0.1) is 0 Å². The van der Waals surface area contributed by atoms with Crippen molar-refractivity contribution < 1.29 is 19.0 Å². The predicted molar refractivity (Wildman–Crippen MR) is 73.1 cm³/mol. The smallest absolute Gasteiger partial charge is 0.313 e. The molecule has 1 fully saturated rings. The van der Waals surface area contributed by atoms with E-state index in [1.807, 2.05) is 20.8 Å². The van der Waals surface area contributed by atoms with Crippen LogP contribution >= 0.6 is 22.6 Å². The van der Waals surface area contributed by atoms with E-state index in [4.69, 9.17) is 14.2 Å². The highest BCUT2D eigenvalue weighted by atomic mass is 127. The molecule has 17 heavy (non-hydrogen) atoms. The molecule has 1 rings (SSSR count). The van der Waals surface area contributed by atoms with Crippen LogP contribution < -0.4 is 0 Å². The van der Waals surface area contributed by atoms with E-state index in [-0.39, 0.29) is 18.0 Å². The number of hydrogen-bond acceptors (Lipinski definition) is 4. The maximum Gasteiger partial charge on any atom is 0.313 e. The molecule has 0 unspecified atom stereocenters. The molecule has 0 aromatic rings. The van der Waals surface area contributed by atoms with Crippen LogP contribution in [0.1, 0.15) is 27.7 Å². The minimum atomic E-state index is -0.617. The molecule has 1 aliphatic heterocycles. The van der Waals surface area contributed by atoms with Gasteiger partial charge in [0.1, 0.15) is 5.92 Å². The van der Waals surface area contributed by atoms with Crippen molar-refractivity contribution >= 4 is 28.6 Å². The first-order valence-electron chi connectivity index (χ1n) is 5.95. The minimum absolute atomic E-state index is 0.130. The monoisotopic (exact) mass is 356 g/mol. The van der Waals surface area contributed by atoms with Crippen LogP contribution in [0.3, 0.4) is 0 Å². The maximum atomic E-state index is 11.9. The first-order valence-corrected chi connectivity index (χ1v) is 7.48. The molecule has 0 N–H and O–H groups in total. The van der Waals surface area contributed by atoms with Crippen LogP contribution in [-0.2, 0) is 19.0 Å². The summed E-state index contributed by atoms with van der Waals surface area (Å²) in [4.78, 5) is 11.9. The number of ether oxygens (including phenoxy) is 3. The van der Waals surface area contributed by atoms with Gasteiger partial charge in [-0.1, -0.05) is 29.5 Å². The maximum absolute atomic E-state index is 11.9. The third-order valence-corrected chi connectivity index (χ3v) is 4.21. The van der Waals surface area contributed by atoms with Crippen LogP contribution in [0, 0.1) is 11.8 Å². The van der Waals surface area contributed by atoms with E-state index in [0.29, 0.717) is 19.1 Å². The summed E-state index contributed by atoms with van der Waals surface area (Å²) in [6, 6.07) is 0.